The van der Waals surface area contributed by atoms with Gasteiger partial charge in [-0.25, -0.2) is 8.78 Å². The second kappa shape index (κ2) is 6.17. The van der Waals surface area contributed by atoms with Crippen LogP contribution in [-0.4, -0.2) is 26.6 Å². The van der Waals surface area contributed by atoms with Crippen molar-refractivity contribution in [3.63, 3.8) is 0 Å². The topological polar surface area (TPSA) is 18.5 Å². The van der Waals surface area contributed by atoms with E-state index in [9.17, 15) is 17.6 Å². The van der Waals surface area contributed by atoms with Crippen LogP contribution in [0.3, 0.4) is 0 Å². The van der Waals surface area contributed by atoms with E-state index >= 15 is 0 Å². The number of benzene rings is 1. The summed E-state index contributed by atoms with van der Waals surface area (Å²) in [4.78, 5) is 0. The molecule has 0 radical (unpaired) electrons. The quantitative estimate of drug-likeness (QED) is 0.559. The van der Waals surface area contributed by atoms with E-state index in [1.807, 2.05) is 0 Å². The van der Waals surface area contributed by atoms with Gasteiger partial charge in [0.15, 0.2) is 0 Å². The summed E-state index contributed by atoms with van der Waals surface area (Å²) in [5.41, 5.74) is -0.248. The average molecular weight is 366 g/mol. The molecule has 0 saturated carbocycles. The molecule has 1 atom stereocenters. The number of hydrogen-bond donors (Lipinski definition) is 0. The zero-order valence-electron chi connectivity index (χ0n) is 9.89. The number of ether oxygens (including phenoxy) is 2. The van der Waals surface area contributed by atoms with Crippen molar-refractivity contribution in [1.82, 2.24) is 0 Å². The maximum absolute atomic E-state index is 13.3. The molecular formula is C11H10BrClF4O2. The summed E-state index contributed by atoms with van der Waals surface area (Å²) in [6, 6.07) is 2.50. The molecule has 2 nitrogen and oxygen atoms in total. The fourth-order valence-electron chi connectivity index (χ4n) is 1.44. The lowest BCUT2D eigenvalue weighted by atomic mass is 10.1. The van der Waals surface area contributed by atoms with Crippen LogP contribution in [0.25, 0.3) is 0 Å². The summed E-state index contributed by atoms with van der Waals surface area (Å²) in [6.07, 6.45) is -3.87. The molecule has 0 fully saturated rings. The largest absolute Gasteiger partial charge is 0.495 e. The maximum Gasteiger partial charge on any atom is 0.327 e. The second-order valence-corrected chi connectivity index (χ2v) is 4.77. The molecule has 0 heterocycles. The monoisotopic (exact) mass is 364 g/mol. The predicted octanol–water partition coefficient (Wildman–Crippen LogP) is 4.65. The molecule has 0 aliphatic carbocycles. The van der Waals surface area contributed by atoms with Crippen molar-refractivity contribution in [3.05, 3.63) is 22.2 Å². The van der Waals surface area contributed by atoms with Crippen LogP contribution in [0.15, 0.2) is 16.6 Å². The van der Waals surface area contributed by atoms with Gasteiger partial charge in [0.1, 0.15) is 21.3 Å². The Balaban J connectivity index is 3.32. The Kier molecular flexibility index (Phi) is 5.32. The summed E-state index contributed by atoms with van der Waals surface area (Å²) in [6.45, 7) is 0. The first-order chi connectivity index (χ1) is 8.77. The smallest absolute Gasteiger partial charge is 0.327 e. The molecule has 0 spiro atoms. The Labute approximate surface area is 120 Å². The molecule has 108 valence electrons. The Morgan fingerprint density at radius 1 is 1.21 bits per heavy atom. The highest BCUT2D eigenvalue weighted by Crippen LogP contribution is 2.48. The fraction of sp³-hybridized carbons (Fsp3) is 0.455. The van der Waals surface area contributed by atoms with Gasteiger partial charge in [0.05, 0.1) is 14.2 Å². The van der Waals surface area contributed by atoms with E-state index in [0.29, 0.717) is 5.75 Å². The zero-order valence-corrected chi connectivity index (χ0v) is 12.2. The SMILES string of the molecule is COc1ccc(C(Cl)C(F)(F)C(F)F)c(OC)c1Br. The van der Waals surface area contributed by atoms with E-state index in [1.165, 1.54) is 20.3 Å². The molecule has 19 heavy (non-hydrogen) atoms. The van der Waals surface area contributed by atoms with E-state index in [-0.39, 0.29) is 15.8 Å². The summed E-state index contributed by atoms with van der Waals surface area (Å²) in [5, 5.41) is -2.22. The Morgan fingerprint density at radius 2 is 1.79 bits per heavy atom. The average Bonchev–Trinajstić information content (AvgIpc) is 2.37. The normalized spacial score (nSPS) is 13.5. The van der Waals surface area contributed by atoms with Crippen LogP contribution in [-0.2, 0) is 0 Å². The van der Waals surface area contributed by atoms with E-state index in [2.05, 4.69) is 15.9 Å². The summed E-state index contributed by atoms with van der Waals surface area (Å²) >= 11 is 8.56. The van der Waals surface area contributed by atoms with Crippen LogP contribution in [0.5, 0.6) is 11.5 Å². The van der Waals surface area contributed by atoms with Gasteiger partial charge in [0.2, 0.25) is 0 Å². The Hall–Kier alpha value is -0.690. The molecule has 8 heteroatoms. The minimum absolute atomic E-state index is 0.0697. The van der Waals surface area contributed by atoms with E-state index < -0.39 is 17.7 Å². The van der Waals surface area contributed by atoms with Gasteiger partial charge in [0.25, 0.3) is 0 Å². The van der Waals surface area contributed by atoms with Crippen molar-refractivity contribution in [2.75, 3.05) is 14.2 Å². The van der Waals surface area contributed by atoms with Crippen LogP contribution in [0.4, 0.5) is 17.6 Å². The minimum Gasteiger partial charge on any atom is -0.495 e. The number of hydrogen-bond acceptors (Lipinski definition) is 2. The number of alkyl halides is 5. The molecule has 1 unspecified atom stereocenters. The third-order valence-corrected chi connectivity index (χ3v) is 3.70. The van der Waals surface area contributed by atoms with Crippen molar-refractivity contribution in [2.24, 2.45) is 0 Å². The van der Waals surface area contributed by atoms with Crippen molar-refractivity contribution in [2.45, 2.75) is 17.7 Å². The van der Waals surface area contributed by atoms with Crippen molar-refractivity contribution >= 4 is 27.5 Å². The van der Waals surface area contributed by atoms with Gasteiger partial charge >= 0.3 is 12.3 Å². The van der Waals surface area contributed by atoms with Crippen molar-refractivity contribution < 1.29 is 27.0 Å². The molecular weight excluding hydrogens is 355 g/mol. The van der Waals surface area contributed by atoms with E-state index in [0.717, 1.165) is 6.07 Å². The molecule has 0 bridgehead atoms. The second-order valence-electron chi connectivity index (χ2n) is 3.54. The summed E-state index contributed by atoms with van der Waals surface area (Å²) in [7, 11) is 2.58. The van der Waals surface area contributed by atoms with Gasteiger partial charge in [-0.05, 0) is 28.1 Å². The first kappa shape index (κ1) is 16.4. The molecule has 0 aromatic heterocycles. The molecule has 1 rings (SSSR count). The standard InChI is InChI=1S/C11H10BrClF4O2/c1-18-6-4-3-5(8(19-2)7(6)12)9(13)11(16,17)10(14)15/h3-4,9-10H,1-2H3. The van der Waals surface area contributed by atoms with Gasteiger partial charge in [-0.3, -0.25) is 0 Å². The fourth-order valence-corrected chi connectivity index (χ4v) is 2.39. The van der Waals surface area contributed by atoms with Gasteiger partial charge in [-0.1, -0.05) is 0 Å². The molecule has 0 amide bonds. The molecule has 0 aliphatic rings. The first-order valence-electron chi connectivity index (χ1n) is 4.97. The highest BCUT2D eigenvalue weighted by atomic mass is 79.9. The lowest BCUT2D eigenvalue weighted by Crippen LogP contribution is -2.31. The van der Waals surface area contributed by atoms with Crippen LogP contribution in [0.2, 0.25) is 0 Å². The molecule has 0 aliphatic heterocycles. The third-order valence-electron chi connectivity index (χ3n) is 2.42. The van der Waals surface area contributed by atoms with Crippen LogP contribution in [0.1, 0.15) is 10.9 Å². The molecule has 0 saturated heterocycles. The highest BCUT2D eigenvalue weighted by molar-refractivity contribution is 9.10. The van der Waals surface area contributed by atoms with Crippen LogP contribution in [0, 0.1) is 0 Å². The highest BCUT2D eigenvalue weighted by Gasteiger charge is 2.49. The van der Waals surface area contributed by atoms with Crippen LogP contribution >= 0.6 is 27.5 Å². The van der Waals surface area contributed by atoms with E-state index in [4.69, 9.17) is 21.1 Å². The zero-order chi connectivity index (χ0) is 14.8. The van der Waals surface area contributed by atoms with Crippen LogP contribution < -0.4 is 9.47 Å². The Bertz CT molecular complexity index is 457. The summed E-state index contributed by atoms with van der Waals surface area (Å²) in [5.74, 6) is -4.13. The number of methoxy groups -OCH3 is 2. The van der Waals surface area contributed by atoms with Gasteiger partial charge in [0, 0.05) is 5.56 Å². The van der Waals surface area contributed by atoms with Gasteiger partial charge in [-0.15, -0.1) is 11.6 Å². The number of rotatable bonds is 5. The lowest BCUT2D eigenvalue weighted by Gasteiger charge is -2.23. The minimum atomic E-state index is -4.37. The third kappa shape index (κ3) is 3.08. The first-order valence-corrected chi connectivity index (χ1v) is 6.20. The lowest BCUT2D eigenvalue weighted by molar-refractivity contribution is -0.130. The van der Waals surface area contributed by atoms with Crippen molar-refractivity contribution in [1.29, 1.82) is 0 Å². The molecule has 1 aromatic carbocycles. The summed E-state index contributed by atoms with van der Waals surface area (Å²) < 4.78 is 61.3. The number of halogens is 6. The Morgan fingerprint density at radius 3 is 2.21 bits per heavy atom. The molecule has 1 aromatic rings. The predicted molar refractivity (Wildman–Crippen MR) is 66.8 cm³/mol. The maximum atomic E-state index is 13.3. The van der Waals surface area contributed by atoms with Gasteiger partial charge in [-0.2, -0.15) is 8.78 Å². The van der Waals surface area contributed by atoms with Crippen molar-refractivity contribution in [3.8, 4) is 11.5 Å². The van der Waals surface area contributed by atoms with E-state index in [1.54, 1.807) is 0 Å². The molecule has 0 N–H and O–H groups in total. The van der Waals surface area contributed by atoms with Gasteiger partial charge < -0.3 is 9.47 Å².